The molecule has 30 heavy (non-hydrogen) atoms. The van der Waals surface area contributed by atoms with Gasteiger partial charge in [-0.15, -0.1) is 0 Å². The molecule has 2 aromatic rings. The molecule has 0 bridgehead atoms. The van der Waals surface area contributed by atoms with Crippen LogP contribution < -0.4 is 19.7 Å². The van der Waals surface area contributed by atoms with E-state index in [-0.39, 0.29) is 24.0 Å². The highest BCUT2D eigenvalue weighted by Gasteiger charge is 2.16. The standard InChI is InChI=1S/C21H23F2N3O4/c1-28-17-6-2-4-15(19(17)30-21(22)23)7-8-18(27)25-14-16-5-3-9-24-20(16)26-10-12-29-13-11-26/h2-9,21H,10-14H2,1H3,(H,25,27)/b8-7+. The molecule has 1 aliphatic heterocycles. The molecule has 1 saturated heterocycles. The van der Waals surface area contributed by atoms with Gasteiger partial charge in [-0.05, 0) is 18.2 Å². The summed E-state index contributed by atoms with van der Waals surface area (Å²) in [5.74, 6) is 0.465. The van der Waals surface area contributed by atoms with Crippen LogP contribution in [-0.2, 0) is 16.1 Å². The van der Waals surface area contributed by atoms with Gasteiger partial charge in [0.15, 0.2) is 11.5 Å². The number of para-hydroxylation sites is 1. The molecule has 1 amide bonds. The minimum Gasteiger partial charge on any atom is -0.493 e. The molecule has 3 rings (SSSR count). The van der Waals surface area contributed by atoms with Gasteiger partial charge >= 0.3 is 6.61 Å². The lowest BCUT2D eigenvalue weighted by Gasteiger charge is -2.29. The Balaban J connectivity index is 1.67. The fraction of sp³-hybridized carbons (Fsp3) is 0.333. The zero-order chi connectivity index (χ0) is 21.3. The second-order valence-electron chi connectivity index (χ2n) is 6.39. The highest BCUT2D eigenvalue weighted by atomic mass is 19.3. The average molecular weight is 419 g/mol. The van der Waals surface area contributed by atoms with Gasteiger partial charge in [-0.3, -0.25) is 4.79 Å². The fourth-order valence-electron chi connectivity index (χ4n) is 3.07. The van der Waals surface area contributed by atoms with Gasteiger partial charge in [0.05, 0.1) is 20.3 Å². The van der Waals surface area contributed by atoms with Crippen molar-refractivity contribution in [2.75, 3.05) is 38.3 Å². The molecule has 9 heteroatoms. The molecule has 0 spiro atoms. The molecule has 0 saturated carbocycles. The quantitative estimate of drug-likeness (QED) is 0.664. The molecule has 0 radical (unpaired) electrons. The summed E-state index contributed by atoms with van der Waals surface area (Å²) in [4.78, 5) is 18.8. The van der Waals surface area contributed by atoms with Crippen molar-refractivity contribution in [3.05, 3.63) is 53.7 Å². The van der Waals surface area contributed by atoms with E-state index in [0.717, 1.165) is 24.5 Å². The van der Waals surface area contributed by atoms with Gasteiger partial charge in [-0.2, -0.15) is 8.78 Å². The number of nitrogens with zero attached hydrogens (tertiary/aromatic N) is 2. The number of amides is 1. The van der Waals surface area contributed by atoms with Crippen molar-refractivity contribution in [1.82, 2.24) is 10.3 Å². The maximum atomic E-state index is 12.7. The maximum absolute atomic E-state index is 12.7. The predicted molar refractivity (Wildman–Crippen MR) is 108 cm³/mol. The summed E-state index contributed by atoms with van der Waals surface area (Å²) in [7, 11) is 1.35. The van der Waals surface area contributed by atoms with Crippen molar-refractivity contribution in [1.29, 1.82) is 0 Å². The number of pyridine rings is 1. The van der Waals surface area contributed by atoms with E-state index in [0.29, 0.717) is 18.8 Å². The summed E-state index contributed by atoms with van der Waals surface area (Å²) in [6, 6.07) is 8.40. The van der Waals surface area contributed by atoms with E-state index >= 15 is 0 Å². The number of morpholine rings is 1. The number of hydrogen-bond donors (Lipinski definition) is 1. The van der Waals surface area contributed by atoms with Crippen LogP contribution in [0.5, 0.6) is 11.5 Å². The maximum Gasteiger partial charge on any atom is 0.387 e. The van der Waals surface area contributed by atoms with Gasteiger partial charge in [-0.1, -0.05) is 18.2 Å². The van der Waals surface area contributed by atoms with Crippen molar-refractivity contribution in [3.8, 4) is 11.5 Å². The number of halogens is 2. The lowest BCUT2D eigenvalue weighted by Crippen LogP contribution is -2.37. The number of hydrogen-bond acceptors (Lipinski definition) is 6. The van der Waals surface area contributed by atoms with E-state index in [9.17, 15) is 13.6 Å². The van der Waals surface area contributed by atoms with Gasteiger partial charge in [-0.25, -0.2) is 4.98 Å². The van der Waals surface area contributed by atoms with Crippen molar-refractivity contribution < 1.29 is 27.8 Å². The number of carbonyl (C=O) groups excluding carboxylic acids is 1. The normalized spacial score (nSPS) is 14.2. The SMILES string of the molecule is COc1cccc(/C=C/C(=O)NCc2cccnc2N2CCOCC2)c1OC(F)F. The van der Waals surface area contributed by atoms with Crippen molar-refractivity contribution in [2.24, 2.45) is 0 Å². The first-order valence-corrected chi connectivity index (χ1v) is 9.43. The highest BCUT2D eigenvalue weighted by Crippen LogP contribution is 2.33. The van der Waals surface area contributed by atoms with Crippen molar-refractivity contribution >= 4 is 17.8 Å². The first-order valence-electron chi connectivity index (χ1n) is 9.43. The van der Waals surface area contributed by atoms with E-state index in [1.165, 1.54) is 25.3 Å². The Labute approximate surface area is 173 Å². The van der Waals surface area contributed by atoms with E-state index in [1.807, 2.05) is 12.1 Å². The molecule has 2 heterocycles. The minimum absolute atomic E-state index is 0.124. The van der Waals surface area contributed by atoms with Crippen LogP contribution in [-0.4, -0.2) is 50.9 Å². The van der Waals surface area contributed by atoms with Gasteiger partial charge < -0.3 is 24.4 Å². The molecular formula is C21H23F2N3O4. The smallest absolute Gasteiger partial charge is 0.387 e. The van der Waals surface area contributed by atoms with Crippen LogP contribution >= 0.6 is 0 Å². The Bertz CT molecular complexity index is 886. The zero-order valence-corrected chi connectivity index (χ0v) is 16.5. The minimum atomic E-state index is -3.01. The molecule has 1 aromatic carbocycles. The third-order valence-corrected chi connectivity index (χ3v) is 4.48. The summed E-state index contributed by atoms with van der Waals surface area (Å²) < 4.78 is 40.4. The van der Waals surface area contributed by atoms with Crippen LogP contribution in [0.15, 0.2) is 42.6 Å². The van der Waals surface area contributed by atoms with Gasteiger partial charge in [0.2, 0.25) is 5.91 Å². The Kier molecular flexibility index (Phi) is 7.56. The Hall–Kier alpha value is -3.20. The second kappa shape index (κ2) is 10.5. The fourth-order valence-corrected chi connectivity index (χ4v) is 3.07. The number of benzene rings is 1. The molecule has 0 unspecified atom stereocenters. The number of aromatic nitrogens is 1. The summed E-state index contributed by atoms with van der Waals surface area (Å²) in [5, 5.41) is 2.79. The topological polar surface area (TPSA) is 72.9 Å². The van der Waals surface area contributed by atoms with E-state index in [4.69, 9.17) is 9.47 Å². The Morgan fingerprint density at radius 2 is 2.10 bits per heavy atom. The van der Waals surface area contributed by atoms with Crippen LogP contribution in [0.1, 0.15) is 11.1 Å². The number of carbonyl (C=O) groups is 1. The molecule has 7 nitrogen and oxygen atoms in total. The number of ether oxygens (including phenoxy) is 3. The van der Waals surface area contributed by atoms with E-state index in [2.05, 4.69) is 19.9 Å². The van der Waals surface area contributed by atoms with Gasteiger partial charge in [0.1, 0.15) is 5.82 Å². The van der Waals surface area contributed by atoms with Crippen LogP contribution in [0, 0.1) is 0 Å². The van der Waals surface area contributed by atoms with Crippen molar-refractivity contribution in [3.63, 3.8) is 0 Å². The zero-order valence-electron chi connectivity index (χ0n) is 16.5. The molecule has 0 aliphatic carbocycles. The molecule has 1 aromatic heterocycles. The lowest BCUT2D eigenvalue weighted by atomic mass is 10.1. The number of methoxy groups -OCH3 is 1. The van der Waals surface area contributed by atoms with Gasteiger partial charge in [0.25, 0.3) is 0 Å². The molecule has 0 atom stereocenters. The number of nitrogens with one attached hydrogen (secondary N) is 1. The molecule has 1 aliphatic rings. The van der Waals surface area contributed by atoms with Crippen LogP contribution in [0.4, 0.5) is 14.6 Å². The monoisotopic (exact) mass is 419 g/mol. The van der Waals surface area contributed by atoms with Crippen LogP contribution in [0.2, 0.25) is 0 Å². The Morgan fingerprint density at radius 1 is 1.30 bits per heavy atom. The number of rotatable bonds is 8. The van der Waals surface area contributed by atoms with Crippen LogP contribution in [0.3, 0.4) is 0 Å². The highest BCUT2D eigenvalue weighted by molar-refractivity contribution is 5.92. The molecule has 160 valence electrons. The second-order valence-corrected chi connectivity index (χ2v) is 6.39. The summed E-state index contributed by atoms with van der Waals surface area (Å²) in [6.45, 7) is 0.0127. The third-order valence-electron chi connectivity index (χ3n) is 4.48. The van der Waals surface area contributed by atoms with Crippen LogP contribution in [0.25, 0.3) is 6.08 Å². The average Bonchev–Trinajstić information content (AvgIpc) is 2.77. The Morgan fingerprint density at radius 3 is 2.83 bits per heavy atom. The predicted octanol–water partition coefficient (Wildman–Crippen LogP) is 2.86. The lowest BCUT2D eigenvalue weighted by molar-refractivity contribution is -0.116. The van der Waals surface area contributed by atoms with E-state index in [1.54, 1.807) is 18.3 Å². The number of alkyl halides is 2. The summed E-state index contributed by atoms with van der Waals surface area (Å²) >= 11 is 0. The number of anilines is 1. The third kappa shape index (κ3) is 5.66. The summed E-state index contributed by atoms with van der Waals surface area (Å²) in [6.07, 6.45) is 4.38. The largest absolute Gasteiger partial charge is 0.493 e. The first kappa shape index (κ1) is 21.5. The van der Waals surface area contributed by atoms with E-state index < -0.39 is 6.61 Å². The molecular weight excluding hydrogens is 396 g/mol. The molecule has 1 fully saturated rings. The summed E-state index contributed by atoms with van der Waals surface area (Å²) in [5.41, 5.74) is 1.18. The van der Waals surface area contributed by atoms with Gasteiger partial charge in [0, 0.05) is 43.0 Å². The van der Waals surface area contributed by atoms with Crippen molar-refractivity contribution in [2.45, 2.75) is 13.2 Å². The molecule has 1 N–H and O–H groups in total. The first-order chi connectivity index (χ1) is 14.6.